The molecule has 1 heterocycles. The van der Waals surface area contributed by atoms with E-state index in [4.69, 9.17) is 5.73 Å². The van der Waals surface area contributed by atoms with Crippen molar-refractivity contribution in [3.8, 4) is 0 Å². The molecule has 0 saturated carbocycles. The van der Waals surface area contributed by atoms with Crippen LogP contribution in [0.2, 0.25) is 0 Å². The molecule has 0 unspecified atom stereocenters. The third-order valence-electron chi connectivity index (χ3n) is 3.73. The van der Waals surface area contributed by atoms with Crippen LogP contribution in [0.25, 0.3) is 10.9 Å². The largest absolute Gasteiger partial charge is 0.378 e. The number of para-hydroxylation sites is 1. The van der Waals surface area contributed by atoms with Crippen molar-refractivity contribution in [2.24, 2.45) is 5.73 Å². The first-order valence-electron chi connectivity index (χ1n) is 7.35. The average Bonchev–Trinajstić information content (AvgIpc) is 2.95. The SMILES string of the molecule is C=C(N[C@H](C=O)Cc1c[nH]c2ccccc12)[C@@H](N)CCSC. The zero-order valence-electron chi connectivity index (χ0n) is 12.8. The number of hydrogen-bond donors (Lipinski definition) is 3. The summed E-state index contributed by atoms with van der Waals surface area (Å²) in [6.07, 6.45) is 6.40. The van der Waals surface area contributed by atoms with E-state index in [1.54, 1.807) is 11.8 Å². The number of nitrogens with two attached hydrogens (primary N) is 1. The molecule has 2 aromatic rings. The number of benzene rings is 1. The smallest absolute Gasteiger partial charge is 0.142 e. The van der Waals surface area contributed by atoms with Crippen LogP contribution < -0.4 is 11.1 Å². The fourth-order valence-electron chi connectivity index (χ4n) is 2.43. The summed E-state index contributed by atoms with van der Waals surface area (Å²) in [5, 5.41) is 4.31. The highest BCUT2D eigenvalue weighted by Crippen LogP contribution is 2.19. The molecule has 0 spiro atoms. The van der Waals surface area contributed by atoms with Crippen molar-refractivity contribution >= 4 is 29.0 Å². The van der Waals surface area contributed by atoms with Gasteiger partial charge in [0.1, 0.15) is 6.29 Å². The molecule has 0 aliphatic rings. The monoisotopic (exact) mass is 317 g/mol. The van der Waals surface area contributed by atoms with Gasteiger partial charge in [0.05, 0.1) is 6.04 Å². The second-order valence-corrected chi connectivity index (χ2v) is 6.35. The number of carbonyl (C=O) groups excluding carboxylic acids is 1. The Morgan fingerprint density at radius 2 is 2.27 bits per heavy atom. The van der Waals surface area contributed by atoms with Gasteiger partial charge >= 0.3 is 0 Å². The molecule has 0 radical (unpaired) electrons. The number of aromatic nitrogens is 1. The van der Waals surface area contributed by atoms with Gasteiger partial charge in [-0.1, -0.05) is 24.8 Å². The number of rotatable bonds is 9. The molecule has 4 N–H and O–H groups in total. The molecule has 0 amide bonds. The molecule has 22 heavy (non-hydrogen) atoms. The van der Waals surface area contributed by atoms with Crippen LogP contribution in [-0.2, 0) is 11.2 Å². The van der Waals surface area contributed by atoms with E-state index < -0.39 is 0 Å². The van der Waals surface area contributed by atoms with Gasteiger partial charge in [0.2, 0.25) is 0 Å². The number of hydrogen-bond acceptors (Lipinski definition) is 4. The maximum atomic E-state index is 11.4. The summed E-state index contributed by atoms with van der Waals surface area (Å²) < 4.78 is 0. The lowest BCUT2D eigenvalue weighted by molar-refractivity contribution is -0.109. The summed E-state index contributed by atoms with van der Waals surface area (Å²) in [5.41, 5.74) is 9.00. The Labute approximate surface area is 135 Å². The van der Waals surface area contributed by atoms with Gasteiger partial charge in [0, 0.05) is 35.3 Å². The van der Waals surface area contributed by atoms with Crippen LogP contribution in [0, 0.1) is 0 Å². The summed E-state index contributed by atoms with van der Waals surface area (Å²) in [5.74, 6) is 0.982. The molecule has 5 heteroatoms. The van der Waals surface area contributed by atoms with Gasteiger partial charge in [-0.2, -0.15) is 11.8 Å². The van der Waals surface area contributed by atoms with Crippen LogP contribution in [-0.4, -0.2) is 35.4 Å². The minimum Gasteiger partial charge on any atom is -0.378 e. The van der Waals surface area contributed by atoms with Crippen molar-refractivity contribution < 1.29 is 4.79 Å². The Morgan fingerprint density at radius 1 is 1.50 bits per heavy atom. The first kappa shape index (κ1) is 16.6. The van der Waals surface area contributed by atoms with Crippen LogP contribution in [0.4, 0.5) is 0 Å². The van der Waals surface area contributed by atoms with Gasteiger partial charge < -0.3 is 20.8 Å². The molecule has 0 fully saturated rings. The maximum absolute atomic E-state index is 11.4. The predicted octanol–water partition coefficient (Wildman–Crippen LogP) is 2.46. The van der Waals surface area contributed by atoms with Crippen molar-refractivity contribution in [2.45, 2.75) is 24.9 Å². The lowest BCUT2D eigenvalue weighted by atomic mass is 10.0. The number of aromatic amines is 1. The molecule has 4 nitrogen and oxygen atoms in total. The van der Waals surface area contributed by atoms with E-state index in [1.807, 2.05) is 30.7 Å². The van der Waals surface area contributed by atoms with Crippen molar-refractivity contribution in [1.82, 2.24) is 10.3 Å². The second-order valence-electron chi connectivity index (χ2n) is 5.36. The van der Waals surface area contributed by atoms with E-state index >= 15 is 0 Å². The number of H-pyrrole nitrogens is 1. The lowest BCUT2D eigenvalue weighted by Gasteiger charge is -2.20. The van der Waals surface area contributed by atoms with Gasteiger partial charge in [-0.05, 0) is 30.1 Å². The van der Waals surface area contributed by atoms with E-state index in [-0.39, 0.29) is 12.1 Å². The Morgan fingerprint density at radius 3 is 3.00 bits per heavy atom. The predicted molar refractivity (Wildman–Crippen MR) is 95.1 cm³/mol. The highest BCUT2D eigenvalue weighted by Gasteiger charge is 2.15. The minimum absolute atomic E-state index is 0.127. The third kappa shape index (κ3) is 4.15. The Balaban J connectivity index is 2.00. The number of aldehydes is 1. The Kier molecular flexibility index (Phi) is 6.10. The molecule has 1 aromatic carbocycles. The topological polar surface area (TPSA) is 70.9 Å². The van der Waals surface area contributed by atoms with E-state index in [0.717, 1.165) is 40.6 Å². The van der Waals surface area contributed by atoms with Crippen LogP contribution in [0.1, 0.15) is 12.0 Å². The number of thioether (sulfide) groups is 1. The highest BCUT2D eigenvalue weighted by atomic mass is 32.2. The van der Waals surface area contributed by atoms with Gasteiger partial charge in [-0.3, -0.25) is 0 Å². The fourth-order valence-corrected chi connectivity index (χ4v) is 2.92. The van der Waals surface area contributed by atoms with Crippen LogP contribution >= 0.6 is 11.8 Å². The maximum Gasteiger partial charge on any atom is 0.142 e. The van der Waals surface area contributed by atoms with Crippen molar-refractivity contribution in [1.29, 1.82) is 0 Å². The Hall–Kier alpha value is -1.72. The second kappa shape index (κ2) is 8.06. The van der Waals surface area contributed by atoms with E-state index in [1.165, 1.54) is 0 Å². The van der Waals surface area contributed by atoms with E-state index in [2.05, 4.69) is 22.9 Å². The van der Waals surface area contributed by atoms with Crippen LogP contribution in [0.5, 0.6) is 0 Å². The first-order valence-corrected chi connectivity index (χ1v) is 8.75. The van der Waals surface area contributed by atoms with Gasteiger partial charge in [0.15, 0.2) is 0 Å². The normalized spacial score (nSPS) is 13.7. The molecule has 0 bridgehead atoms. The first-order chi connectivity index (χ1) is 10.7. The molecule has 2 atom stereocenters. The van der Waals surface area contributed by atoms with Crippen LogP contribution in [0.3, 0.4) is 0 Å². The van der Waals surface area contributed by atoms with Crippen molar-refractivity contribution in [3.05, 3.63) is 48.3 Å². The van der Waals surface area contributed by atoms with Gasteiger partial charge in [-0.25, -0.2) is 0 Å². The number of fused-ring (bicyclic) bond motifs is 1. The van der Waals surface area contributed by atoms with Crippen molar-refractivity contribution in [2.75, 3.05) is 12.0 Å². The Bertz CT molecular complexity index is 638. The summed E-state index contributed by atoms with van der Waals surface area (Å²) in [6, 6.07) is 7.64. The zero-order valence-corrected chi connectivity index (χ0v) is 13.7. The van der Waals surface area contributed by atoms with Crippen molar-refractivity contribution in [3.63, 3.8) is 0 Å². The minimum atomic E-state index is -0.313. The molecule has 2 rings (SSSR count). The number of nitrogens with one attached hydrogen (secondary N) is 2. The molecule has 1 aromatic heterocycles. The summed E-state index contributed by atoms with van der Waals surface area (Å²) in [4.78, 5) is 14.6. The van der Waals surface area contributed by atoms with Crippen LogP contribution in [0.15, 0.2) is 42.7 Å². The standard InChI is InChI=1S/C17H23N3OS/c1-12(16(18)7-8-22-2)20-14(11-21)9-13-10-19-17-6-4-3-5-15(13)17/h3-6,10-11,14,16,19-20H,1,7-9,18H2,2H3/t14-,16-/m0/s1. The van der Waals surface area contributed by atoms with Gasteiger partial charge in [0.25, 0.3) is 0 Å². The average molecular weight is 317 g/mol. The summed E-state index contributed by atoms with van der Waals surface area (Å²) in [7, 11) is 0. The van der Waals surface area contributed by atoms with E-state index in [9.17, 15) is 4.79 Å². The summed E-state index contributed by atoms with van der Waals surface area (Å²) in [6.45, 7) is 3.97. The third-order valence-corrected chi connectivity index (χ3v) is 4.37. The van der Waals surface area contributed by atoms with E-state index in [0.29, 0.717) is 6.42 Å². The lowest BCUT2D eigenvalue weighted by Crippen LogP contribution is -2.39. The van der Waals surface area contributed by atoms with Gasteiger partial charge in [-0.15, -0.1) is 0 Å². The molecular formula is C17H23N3OS. The molecular weight excluding hydrogens is 294 g/mol. The molecule has 0 aliphatic carbocycles. The molecule has 0 aliphatic heterocycles. The quantitative estimate of drug-likeness (QED) is 0.621. The zero-order chi connectivity index (χ0) is 15.9. The number of carbonyl (C=O) groups is 1. The fraction of sp³-hybridized carbons (Fsp3) is 0.353. The molecule has 118 valence electrons. The molecule has 0 saturated heterocycles. The highest BCUT2D eigenvalue weighted by molar-refractivity contribution is 7.98. The summed E-state index contributed by atoms with van der Waals surface area (Å²) >= 11 is 1.75.